The van der Waals surface area contributed by atoms with Crippen molar-refractivity contribution < 1.29 is 9.59 Å². The molecule has 0 saturated carbocycles. The zero-order chi connectivity index (χ0) is 17.7. The Bertz CT molecular complexity index is 556. The van der Waals surface area contributed by atoms with Gasteiger partial charge in [0.2, 0.25) is 5.91 Å². The molecule has 1 aliphatic rings. The van der Waals surface area contributed by atoms with Gasteiger partial charge in [-0.15, -0.1) is 0 Å². The van der Waals surface area contributed by atoms with E-state index in [0.717, 1.165) is 18.5 Å². The molecule has 1 saturated heterocycles. The molecule has 0 N–H and O–H groups in total. The van der Waals surface area contributed by atoms with Crippen molar-refractivity contribution in [2.45, 2.75) is 26.7 Å². The number of benzene rings is 1. The Kier molecular flexibility index (Phi) is 6.23. The standard InChI is InChI=1S/C19H29N3O2/c1-5-15(6-2)18(23)21-11-13-22(14-12-21)19(24)16-7-9-17(10-8-16)20(3)4/h7-10,15H,5-6,11-14H2,1-4H3. The maximum Gasteiger partial charge on any atom is 0.253 e. The number of hydrogen-bond donors (Lipinski definition) is 0. The minimum Gasteiger partial charge on any atom is -0.378 e. The molecule has 2 rings (SSSR count). The Balaban J connectivity index is 1.94. The maximum atomic E-state index is 12.6. The van der Waals surface area contributed by atoms with Gasteiger partial charge >= 0.3 is 0 Å². The number of anilines is 1. The van der Waals surface area contributed by atoms with Gasteiger partial charge in [0, 0.05) is 57.4 Å². The van der Waals surface area contributed by atoms with Crippen molar-refractivity contribution in [3.05, 3.63) is 29.8 Å². The third-order valence-corrected chi connectivity index (χ3v) is 4.84. The Hall–Kier alpha value is -2.04. The van der Waals surface area contributed by atoms with Crippen molar-refractivity contribution >= 4 is 17.5 Å². The van der Waals surface area contributed by atoms with Crippen LogP contribution in [0.15, 0.2) is 24.3 Å². The van der Waals surface area contributed by atoms with Crippen molar-refractivity contribution in [1.29, 1.82) is 0 Å². The third kappa shape index (κ3) is 4.08. The first-order valence-electron chi connectivity index (χ1n) is 8.83. The van der Waals surface area contributed by atoms with Crippen LogP contribution in [0, 0.1) is 5.92 Å². The van der Waals surface area contributed by atoms with Gasteiger partial charge in [-0.05, 0) is 37.1 Å². The number of hydrogen-bond acceptors (Lipinski definition) is 3. The molecule has 5 heteroatoms. The summed E-state index contributed by atoms with van der Waals surface area (Å²) in [7, 11) is 3.96. The van der Waals surface area contributed by atoms with Crippen molar-refractivity contribution in [2.24, 2.45) is 5.92 Å². The fraction of sp³-hybridized carbons (Fsp3) is 0.579. The second-order valence-corrected chi connectivity index (χ2v) is 6.57. The number of piperazine rings is 1. The molecule has 0 bridgehead atoms. The fourth-order valence-corrected chi connectivity index (χ4v) is 3.11. The highest BCUT2D eigenvalue weighted by Crippen LogP contribution is 2.17. The first-order chi connectivity index (χ1) is 11.5. The van der Waals surface area contributed by atoms with Crippen LogP contribution >= 0.6 is 0 Å². The summed E-state index contributed by atoms with van der Waals surface area (Å²) in [5.41, 5.74) is 1.78. The van der Waals surface area contributed by atoms with Crippen LogP contribution in [0.25, 0.3) is 0 Å². The molecule has 2 amide bonds. The maximum absolute atomic E-state index is 12.6. The molecule has 24 heavy (non-hydrogen) atoms. The van der Waals surface area contributed by atoms with Crippen molar-refractivity contribution in [1.82, 2.24) is 9.80 Å². The molecular formula is C19H29N3O2. The molecule has 5 nitrogen and oxygen atoms in total. The summed E-state index contributed by atoms with van der Waals surface area (Å²) in [6, 6.07) is 7.67. The van der Waals surface area contributed by atoms with Crippen LogP contribution in [0.3, 0.4) is 0 Å². The number of amides is 2. The molecular weight excluding hydrogens is 302 g/mol. The van der Waals surface area contributed by atoms with E-state index in [0.29, 0.717) is 31.7 Å². The molecule has 1 aromatic carbocycles. The topological polar surface area (TPSA) is 43.9 Å². The first-order valence-corrected chi connectivity index (χ1v) is 8.83. The summed E-state index contributed by atoms with van der Waals surface area (Å²) < 4.78 is 0. The molecule has 0 unspecified atom stereocenters. The van der Waals surface area contributed by atoms with Crippen molar-refractivity contribution in [3.8, 4) is 0 Å². The Morgan fingerprint density at radius 3 is 1.92 bits per heavy atom. The monoisotopic (exact) mass is 331 g/mol. The van der Waals surface area contributed by atoms with Crippen LogP contribution < -0.4 is 4.90 Å². The molecule has 0 aliphatic carbocycles. The van der Waals surface area contributed by atoms with Gasteiger partial charge < -0.3 is 14.7 Å². The summed E-state index contributed by atoms with van der Waals surface area (Å²) in [6.45, 7) is 6.61. The lowest BCUT2D eigenvalue weighted by Gasteiger charge is -2.36. The molecule has 1 fully saturated rings. The summed E-state index contributed by atoms with van der Waals surface area (Å²) >= 11 is 0. The van der Waals surface area contributed by atoms with E-state index in [4.69, 9.17) is 0 Å². The number of rotatable bonds is 5. The predicted octanol–water partition coefficient (Wildman–Crippen LogP) is 2.47. The van der Waals surface area contributed by atoms with Crippen molar-refractivity contribution in [2.75, 3.05) is 45.2 Å². The van der Waals surface area contributed by atoms with E-state index in [1.807, 2.05) is 53.1 Å². The van der Waals surface area contributed by atoms with E-state index in [1.54, 1.807) is 0 Å². The van der Waals surface area contributed by atoms with Crippen molar-refractivity contribution in [3.63, 3.8) is 0 Å². The Labute approximate surface area is 145 Å². The van der Waals surface area contributed by atoms with E-state index in [1.165, 1.54) is 0 Å². The van der Waals surface area contributed by atoms with Gasteiger partial charge in [0.1, 0.15) is 0 Å². The van der Waals surface area contributed by atoms with E-state index < -0.39 is 0 Å². The van der Waals surface area contributed by atoms with Crippen LogP contribution in [0.4, 0.5) is 5.69 Å². The van der Waals surface area contributed by atoms with Gasteiger partial charge in [-0.2, -0.15) is 0 Å². The van der Waals surface area contributed by atoms with Gasteiger partial charge in [0.15, 0.2) is 0 Å². The SMILES string of the molecule is CCC(CC)C(=O)N1CCN(C(=O)c2ccc(N(C)C)cc2)CC1. The van der Waals surface area contributed by atoms with Gasteiger partial charge in [0.05, 0.1) is 0 Å². The molecule has 0 atom stereocenters. The lowest BCUT2D eigenvalue weighted by Crippen LogP contribution is -2.51. The number of carbonyl (C=O) groups excluding carboxylic acids is 2. The van der Waals surface area contributed by atoms with Crippen LogP contribution in [0.5, 0.6) is 0 Å². The third-order valence-electron chi connectivity index (χ3n) is 4.84. The minimum atomic E-state index is 0.0509. The van der Waals surface area contributed by atoms with Gasteiger partial charge in [-0.3, -0.25) is 9.59 Å². The first kappa shape index (κ1) is 18.3. The van der Waals surface area contributed by atoms with E-state index in [-0.39, 0.29) is 17.7 Å². The number of nitrogens with zero attached hydrogens (tertiary/aromatic N) is 3. The summed E-state index contributed by atoms with van der Waals surface area (Å²) in [4.78, 5) is 30.8. The van der Waals surface area contributed by atoms with E-state index >= 15 is 0 Å². The van der Waals surface area contributed by atoms with E-state index in [9.17, 15) is 9.59 Å². The molecule has 0 radical (unpaired) electrons. The quantitative estimate of drug-likeness (QED) is 0.832. The summed E-state index contributed by atoms with van der Waals surface area (Å²) in [5.74, 6) is 0.406. The molecule has 1 aliphatic heterocycles. The highest BCUT2D eigenvalue weighted by molar-refractivity contribution is 5.94. The lowest BCUT2D eigenvalue weighted by atomic mass is 10.0. The minimum absolute atomic E-state index is 0.0509. The average Bonchev–Trinajstić information content (AvgIpc) is 2.62. The zero-order valence-corrected chi connectivity index (χ0v) is 15.3. The summed E-state index contributed by atoms with van der Waals surface area (Å²) in [6.07, 6.45) is 1.76. The largest absolute Gasteiger partial charge is 0.378 e. The van der Waals surface area contributed by atoms with Gasteiger partial charge in [0.25, 0.3) is 5.91 Å². The summed E-state index contributed by atoms with van der Waals surface area (Å²) in [5, 5.41) is 0. The Morgan fingerprint density at radius 1 is 0.958 bits per heavy atom. The van der Waals surface area contributed by atoms with Crippen LogP contribution in [-0.2, 0) is 4.79 Å². The van der Waals surface area contributed by atoms with Crippen LogP contribution in [0.1, 0.15) is 37.0 Å². The molecule has 0 spiro atoms. The Morgan fingerprint density at radius 2 is 1.46 bits per heavy atom. The molecule has 0 aromatic heterocycles. The second-order valence-electron chi connectivity index (χ2n) is 6.57. The van der Waals surface area contributed by atoms with Gasteiger partial charge in [-0.25, -0.2) is 0 Å². The zero-order valence-electron chi connectivity index (χ0n) is 15.3. The molecule has 132 valence electrons. The predicted molar refractivity (Wildman–Crippen MR) is 97.3 cm³/mol. The fourth-order valence-electron chi connectivity index (χ4n) is 3.11. The lowest BCUT2D eigenvalue weighted by molar-refractivity contribution is -0.137. The molecule has 1 heterocycles. The van der Waals surface area contributed by atoms with Gasteiger partial charge in [-0.1, -0.05) is 13.8 Å². The second kappa shape index (κ2) is 8.18. The number of carbonyl (C=O) groups is 2. The molecule has 1 aromatic rings. The normalized spacial score (nSPS) is 14.9. The average molecular weight is 331 g/mol. The smallest absolute Gasteiger partial charge is 0.253 e. The van der Waals surface area contributed by atoms with Crippen LogP contribution in [0.2, 0.25) is 0 Å². The van der Waals surface area contributed by atoms with E-state index in [2.05, 4.69) is 13.8 Å². The van der Waals surface area contributed by atoms with Crippen LogP contribution in [-0.4, -0.2) is 61.9 Å². The highest BCUT2D eigenvalue weighted by atomic mass is 16.2. The highest BCUT2D eigenvalue weighted by Gasteiger charge is 2.27.